The van der Waals surface area contributed by atoms with Gasteiger partial charge in [0, 0.05) is 0 Å². The molecule has 0 N–H and O–H groups in total. The summed E-state index contributed by atoms with van der Waals surface area (Å²) in [5, 5.41) is 6.25. The van der Waals surface area contributed by atoms with Gasteiger partial charge in [0.15, 0.2) is 0 Å². The first kappa shape index (κ1) is 21.1. The zero-order chi connectivity index (χ0) is 22.9. The van der Waals surface area contributed by atoms with E-state index in [1.54, 1.807) is 23.6 Å². The fraction of sp³-hybridized carbons (Fsp3) is 0.208. The lowest BCUT2D eigenvalue weighted by Gasteiger charge is -2.09. The number of aromatic nitrogens is 4. The van der Waals surface area contributed by atoms with Crippen LogP contribution in [0.4, 0.5) is 4.39 Å². The fourth-order valence-corrected chi connectivity index (χ4v) is 4.61. The maximum absolute atomic E-state index is 13.6. The van der Waals surface area contributed by atoms with Crippen molar-refractivity contribution in [1.29, 1.82) is 0 Å². The van der Waals surface area contributed by atoms with E-state index in [1.807, 2.05) is 31.2 Å². The Hall–Kier alpha value is -3.72. The molecule has 0 saturated carbocycles. The minimum absolute atomic E-state index is 0.0988. The number of thiophene rings is 1. The van der Waals surface area contributed by atoms with Crippen LogP contribution in [0.2, 0.25) is 0 Å². The fourth-order valence-electron chi connectivity index (χ4n) is 3.78. The van der Waals surface area contributed by atoms with E-state index in [4.69, 9.17) is 4.74 Å². The molecular weight excluding hydrogens is 443 g/mol. The van der Waals surface area contributed by atoms with Crippen LogP contribution in [0.1, 0.15) is 24.5 Å². The molecule has 0 atom stereocenters. The Labute approximate surface area is 191 Å². The molecule has 0 radical (unpaired) electrons. The number of rotatable bonds is 7. The molecule has 5 rings (SSSR count). The van der Waals surface area contributed by atoms with Crippen LogP contribution in [0.15, 0.2) is 69.6 Å². The van der Waals surface area contributed by atoms with Gasteiger partial charge in [-0.2, -0.15) is 0 Å². The van der Waals surface area contributed by atoms with E-state index in [1.165, 1.54) is 37.1 Å². The van der Waals surface area contributed by atoms with Crippen LogP contribution in [-0.2, 0) is 13.1 Å². The molecule has 0 spiro atoms. The molecule has 2 aromatic carbocycles. The van der Waals surface area contributed by atoms with E-state index >= 15 is 0 Å². The van der Waals surface area contributed by atoms with Crippen LogP contribution in [0.5, 0.6) is 5.75 Å². The van der Waals surface area contributed by atoms with Crippen molar-refractivity contribution in [1.82, 2.24) is 18.7 Å². The molecule has 0 fully saturated rings. The quantitative estimate of drug-likeness (QED) is 0.366. The summed E-state index contributed by atoms with van der Waals surface area (Å²) in [6, 6.07) is 15.3. The van der Waals surface area contributed by atoms with Gasteiger partial charge in [0.1, 0.15) is 16.3 Å². The van der Waals surface area contributed by atoms with Crippen molar-refractivity contribution in [3.05, 3.63) is 97.8 Å². The molecule has 9 heteroatoms. The van der Waals surface area contributed by atoms with Crippen LogP contribution in [0.3, 0.4) is 0 Å². The molecule has 33 heavy (non-hydrogen) atoms. The third-order valence-electron chi connectivity index (χ3n) is 5.35. The average Bonchev–Trinajstić information content (AvgIpc) is 3.41. The predicted molar refractivity (Wildman–Crippen MR) is 126 cm³/mol. The molecule has 0 aliphatic heterocycles. The van der Waals surface area contributed by atoms with E-state index in [0.29, 0.717) is 22.4 Å². The van der Waals surface area contributed by atoms with E-state index in [0.717, 1.165) is 17.7 Å². The van der Waals surface area contributed by atoms with Crippen LogP contribution >= 0.6 is 11.3 Å². The second-order valence-electron chi connectivity index (χ2n) is 7.72. The smallest absolute Gasteiger partial charge is 0.352 e. The molecule has 3 heterocycles. The molecule has 168 valence electrons. The van der Waals surface area contributed by atoms with Crippen LogP contribution < -0.4 is 16.0 Å². The van der Waals surface area contributed by atoms with Gasteiger partial charge in [-0.25, -0.2) is 18.3 Å². The Bertz CT molecular complexity index is 1560. The Morgan fingerprint density at radius 3 is 2.61 bits per heavy atom. The zero-order valence-electron chi connectivity index (χ0n) is 17.9. The van der Waals surface area contributed by atoms with Crippen molar-refractivity contribution < 1.29 is 9.13 Å². The highest BCUT2D eigenvalue weighted by Crippen LogP contribution is 2.19. The molecule has 0 unspecified atom stereocenters. The lowest BCUT2D eigenvalue weighted by Crippen LogP contribution is -2.26. The van der Waals surface area contributed by atoms with Crippen LogP contribution in [0, 0.1) is 5.82 Å². The molecule has 5 aromatic rings. The standard InChI is InChI=1S/C24H21FN4O3S/c1-2-11-32-19-8-6-16(7-9-19)14-27-22(30)21-20(10-12-33-21)29-23(27)26-28(24(29)31)15-17-4-3-5-18(25)13-17/h3-10,12-13H,2,11,14-15H2,1H3. The van der Waals surface area contributed by atoms with Gasteiger partial charge in [0.05, 0.1) is 25.2 Å². The largest absolute Gasteiger partial charge is 0.494 e. The van der Waals surface area contributed by atoms with Gasteiger partial charge in [-0.1, -0.05) is 31.2 Å². The predicted octanol–water partition coefficient (Wildman–Crippen LogP) is 3.90. The van der Waals surface area contributed by atoms with E-state index < -0.39 is 0 Å². The van der Waals surface area contributed by atoms with Gasteiger partial charge >= 0.3 is 5.69 Å². The molecule has 0 aliphatic rings. The Morgan fingerprint density at radius 2 is 1.85 bits per heavy atom. The summed E-state index contributed by atoms with van der Waals surface area (Å²) in [5.74, 6) is 0.633. The minimum Gasteiger partial charge on any atom is -0.494 e. The lowest BCUT2D eigenvalue weighted by molar-refractivity contribution is 0.317. The minimum atomic E-state index is -0.382. The summed E-state index contributed by atoms with van der Waals surface area (Å²) in [6.45, 7) is 3.03. The number of halogens is 1. The number of benzene rings is 2. The Kier molecular flexibility index (Phi) is 5.55. The van der Waals surface area contributed by atoms with Gasteiger partial charge in [-0.3, -0.25) is 9.36 Å². The highest BCUT2D eigenvalue weighted by atomic mass is 32.1. The second-order valence-corrected chi connectivity index (χ2v) is 8.64. The van der Waals surface area contributed by atoms with Crippen molar-refractivity contribution in [2.45, 2.75) is 26.4 Å². The maximum atomic E-state index is 13.6. The summed E-state index contributed by atoms with van der Waals surface area (Å²) in [4.78, 5) is 26.5. The number of hydrogen-bond donors (Lipinski definition) is 0. The third kappa shape index (κ3) is 3.95. The van der Waals surface area contributed by atoms with E-state index in [-0.39, 0.29) is 35.9 Å². The summed E-state index contributed by atoms with van der Waals surface area (Å²) in [7, 11) is 0. The molecule has 0 saturated heterocycles. The normalized spacial score (nSPS) is 11.5. The highest BCUT2D eigenvalue weighted by Gasteiger charge is 2.18. The van der Waals surface area contributed by atoms with Crippen molar-refractivity contribution in [3.8, 4) is 5.75 Å². The summed E-state index contributed by atoms with van der Waals surface area (Å²) in [5.41, 5.74) is 1.43. The first-order valence-electron chi connectivity index (χ1n) is 10.6. The SMILES string of the molecule is CCCOc1ccc(Cn2c(=O)c3sccc3n3c(=O)n(Cc4cccc(F)c4)nc23)cc1. The van der Waals surface area contributed by atoms with E-state index in [9.17, 15) is 14.0 Å². The summed E-state index contributed by atoms with van der Waals surface area (Å²) < 4.78 is 24.0. The topological polar surface area (TPSA) is 70.5 Å². The van der Waals surface area contributed by atoms with Crippen molar-refractivity contribution in [3.63, 3.8) is 0 Å². The lowest BCUT2D eigenvalue weighted by atomic mass is 10.2. The van der Waals surface area contributed by atoms with Crippen molar-refractivity contribution in [2.24, 2.45) is 0 Å². The number of fused-ring (bicyclic) bond motifs is 3. The van der Waals surface area contributed by atoms with E-state index in [2.05, 4.69) is 5.10 Å². The summed E-state index contributed by atoms with van der Waals surface area (Å²) >= 11 is 1.29. The molecule has 0 amide bonds. The van der Waals surface area contributed by atoms with Crippen LogP contribution in [0.25, 0.3) is 16.0 Å². The van der Waals surface area contributed by atoms with Crippen molar-refractivity contribution >= 4 is 27.3 Å². The van der Waals surface area contributed by atoms with Gasteiger partial charge in [-0.05, 0) is 53.3 Å². The Morgan fingerprint density at radius 1 is 1.03 bits per heavy atom. The van der Waals surface area contributed by atoms with Gasteiger partial charge in [0.25, 0.3) is 5.56 Å². The second kappa shape index (κ2) is 8.67. The molecular formula is C24H21FN4O3S. The average molecular weight is 465 g/mol. The Balaban J connectivity index is 1.61. The maximum Gasteiger partial charge on any atom is 0.352 e. The van der Waals surface area contributed by atoms with Crippen LogP contribution in [-0.4, -0.2) is 25.4 Å². The van der Waals surface area contributed by atoms with Gasteiger partial charge in [-0.15, -0.1) is 16.4 Å². The molecule has 0 bridgehead atoms. The number of ether oxygens (including phenoxy) is 1. The molecule has 7 nitrogen and oxygen atoms in total. The molecule has 0 aliphatic carbocycles. The first-order chi connectivity index (χ1) is 16.0. The zero-order valence-corrected chi connectivity index (χ0v) is 18.7. The highest BCUT2D eigenvalue weighted by molar-refractivity contribution is 7.17. The number of nitrogens with zero attached hydrogens (tertiary/aromatic N) is 4. The van der Waals surface area contributed by atoms with Gasteiger partial charge < -0.3 is 4.74 Å². The number of hydrogen-bond acceptors (Lipinski definition) is 5. The summed E-state index contributed by atoms with van der Waals surface area (Å²) in [6.07, 6.45) is 0.920. The monoisotopic (exact) mass is 464 g/mol. The first-order valence-corrected chi connectivity index (χ1v) is 11.5. The third-order valence-corrected chi connectivity index (χ3v) is 6.24. The van der Waals surface area contributed by atoms with Gasteiger partial charge in [0.2, 0.25) is 5.78 Å². The van der Waals surface area contributed by atoms with Crippen molar-refractivity contribution in [2.75, 3.05) is 6.61 Å². The molecule has 3 aromatic heterocycles.